The molecule has 0 saturated carbocycles. The van der Waals surface area contributed by atoms with Gasteiger partial charge in [-0.25, -0.2) is 4.99 Å². The minimum absolute atomic E-state index is 0.178. The van der Waals surface area contributed by atoms with Crippen molar-refractivity contribution in [3.63, 3.8) is 0 Å². The number of aromatic nitrogens is 3. The number of hydrogen-bond donors (Lipinski definition) is 1. The second-order valence-electron chi connectivity index (χ2n) is 6.19. The third-order valence-electron chi connectivity index (χ3n) is 4.24. The molecule has 0 aliphatic rings. The van der Waals surface area contributed by atoms with Crippen molar-refractivity contribution in [1.29, 1.82) is 0 Å². The lowest BCUT2D eigenvalue weighted by atomic mass is 10.1. The molecule has 1 aromatic heterocycles. The average Bonchev–Trinajstić information content (AvgIpc) is 3.12. The number of phenolic OH excluding ortho intramolecular Hbond substituents is 1. The van der Waals surface area contributed by atoms with Crippen molar-refractivity contribution in [2.24, 2.45) is 4.99 Å². The molecule has 0 fully saturated rings. The van der Waals surface area contributed by atoms with E-state index in [0.29, 0.717) is 17.1 Å². The van der Waals surface area contributed by atoms with Gasteiger partial charge < -0.3 is 5.11 Å². The quantitative estimate of drug-likeness (QED) is 0.540. The predicted molar refractivity (Wildman–Crippen MR) is 107 cm³/mol. The monoisotopic (exact) mass is 354 g/mol. The maximum atomic E-state index is 10.0. The molecule has 0 unspecified atom stereocenters. The minimum Gasteiger partial charge on any atom is -0.507 e. The van der Waals surface area contributed by atoms with Crippen LogP contribution in [0.25, 0.3) is 16.9 Å². The number of rotatable bonds is 4. The Hall–Kier alpha value is -3.73. The Morgan fingerprint density at radius 2 is 1.59 bits per heavy atom. The highest BCUT2D eigenvalue weighted by molar-refractivity contribution is 5.86. The van der Waals surface area contributed by atoms with E-state index in [1.54, 1.807) is 29.1 Å². The third-order valence-corrected chi connectivity index (χ3v) is 4.24. The molecule has 27 heavy (non-hydrogen) atoms. The number of phenols is 1. The highest BCUT2D eigenvalue weighted by atomic mass is 16.3. The molecule has 5 nitrogen and oxygen atoms in total. The summed E-state index contributed by atoms with van der Waals surface area (Å²) in [5.41, 5.74) is 4.30. The van der Waals surface area contributed by atoms with Crippen LogP contribution in [-0.2, 0) is 0 Å². The maximum absolute atomic E-state index is 10.0. The number of aromatic hydroxyl groups is 1. The van der Waals surface area contributed by atoms with E-state index in [1.165, 1.54) is 5.56 Å². The molecule has 132 valence electrons. The predicted octanol–water partition coefficient (Wildman–Crippen LogP) is 4.70. The Bertz CT molecular complexity index is 1080. The van der Waals surface area contributed by atoms with Crippen LogP contribution in [0.4, 0.5) is 5.82 Å². The van der Waals surface area contributed by atoms with Gasteiger partial charge in [0, 0.05) is 17.3 Å². The summed E-state index contributed by atoms with van der Waals surface area (Å²) >= 11 is 0. The van der Waals surface area contributed by atoms with Crippen molar-refractivity contribution in [3.8, 4) is 22.7 Å². The molecular weight excluding hydrogens is 336 g/mol. The van der Waals surface area contributed by atoms with Crippen LogP contribution < -0.4 is 0 Å². The van der Waals surface area contributed by atoms with Gasteiger partial charge in [-0.15, -0.1) is 5.10 Å². The van der Waals surface area contributed by atoms with Crippen molar-refractivity contribution in [3.05, 3.63) is 90.0 Å². The summed E-state index contributed by atoms with van der Waals surface area (Å²) in [6.07, 6.45) is 1.63. The van der Waals surface area contributed by atoms with Gasteiger partial charge in [0.15, 0.2) is 5.82 Å². The number of aryl methyl sites for hydroxylation is 1. The fraction of sp³-hybridized carbons (Fsp3) is 0.0455. The van der Waals surface area contributed by atoms with Crippen LogP contribution in [0, 0.1) is 6.92 Å². The normalized spacial score (nSPS) is 11.1. The second kappa shape index (κ2) is 7.25. The first-order valence-corrected chi connectivity index (χ1v) is 8.62. The molecule has 0 amide bonds. The van der Waals surface area contributed by atoms with E-state index in [-0.39, 0.29) is 5.75 Å². The number of nitrogens with zero attached hydrogens (tertiary/aromatic N) is 4. The van der Waals surface area contributed by atoms with Crippen molar-refractivity contribution in [2.45, 2.75) is 6.92 Å². The SMILES string of the molecule is Cc1ccc(-c2nnn(-c3ccccc3)c2/N=C/c2ccccc2O)cc1. The van der Waals surface area contributed by atoms with E-state index >= 15 is 0 Å². The highest BCUT2D eigenvalue weighted by Crippen LogP contribution is 2.30. The summed E-state index contributed by atoms with van der Waals surface area (Å²) in [6, 6.07) is 24.9. The van der Waals surface area contributed by atoms with Crippen molar-refractivity contribution in [2.75, 3.05) is 0 Å². The molecule has 0 bridgehead atoms. The minimum atomic E-state index is 0.178. The van der Waals surface area contributed by atoms with E-state index < -0.39 is 0 Å². The molecule has 4 aromatic rings. The molecular formula is C22H18N4O. The largest absolute Gasteiger partial charge is 0.507 e. The summed E-state index contributed by atoms with van der Waals surface area (Å²) in [4.78, 5) is 4.63. The van der Waals surface area contributed by atoms with Crippen LogP contribution in [0.2, 0.25) is 0 Å². The van der Waals surface area contributed by atoms with Gasteiger partial charge in [0.25, 0.3) is 0 Å². The summed E-state index contributed by atoms with van der Waals surface area (Å²) in [5.74, 6) is 0.783. The van der Waals surface area contributed by atoms with Gasteiger partial charge in [-0.05, 0) is 31.2 Å². The zero-order chi connectivity index (χ0) is 18.6. The van der Waals surface area contributed by atoms with Crippen LogP contribution in [0.3, 0.4) is 0 Å². The van der Waals surface area contributed by atoms with Crippen molar-refractivity contribution < 1.29 is 5.11 Å². The van der Waals surface area contributed by atoms with Gasteiger partial charge in [-0.1, -0.05) is 65.4 Å². The third kappa shape index (κ3) is 3.48. The van der Waals surface area contributed by atoms with E-state index in [9.17, 15) is 5.11 Å². The second-order valence-corrected chi connectivity index (χ2v) is 6.19. The Morgan fingerprint density at radius 1 is 0.889 bits per heavy atom. The highest BCUT2D eigenvalue weighted by Gasteiger charge is 2.15. The van der Waals surface area contributed by atoms with Crippen LogP contribution >= 0.6 is 0 Å². The van der Waals surface area contributed by atoms with E-state index in [0.717, 1.165) is 11.3 Å². The maximum Gasteiger partial charge on any atom is 0.184 e. The van der Waals surface area contributed by atoms with Crippen LogP contribution in [0.1, 0.15) is 11.1 Å². The average molecular weight is 354 g/mol. The van der Waals surface area contributed by atoms with Gasteiger partial charge in [0.05, 0.1) is 5.69 Å². The molecule has 0 atom stereocenters. The lowest BCUT2D eigenvalue weighted by molar-refractivity contribution is 0.474. The Kier molecular flexibility index (Phi) is 4.49. The van der Waals surface area contributed by atoms with Crippen LogP contribution in [-0.4, -0.2) is 26.3 Å². The van der Waals surface area contributed by atoms with Gasteiger partial charge in [0.1, 0.15) is 11.4 Å². The Balaban J connectivity index is 1.84. The van der Waals surface area contributed by atoms with E-state index in [4.69, 9.17) is 0 Å². The molecule has 0 aliphatic heterocycles. The molecule has 3 aromatic carbocycles. The Labute approximate surface area is 157 Å². The van der Waals surface area contributed by atoms with Gasteiger partial charge >= 0.3 is 0 Å². The Morgan fingerprint density at radius 3 is 2.33 bits per heavy atom. The molecule has 1 N–H and O–H groups in total. The number of benzene rings is 3. The molecule has 0 radical (unpaired) electrons. The molecule has 5 heteroatoms. The first-order chi connectivity index (χ1) is 13.2. The number of aliphatic imine (C=N–C) groups is 1. The molecule has 0 aliphatic carbocycles. The molecule has 4 rings (SSSR count). The van der Waals surface area contributed by atoms with Gasteiger partial charge in [-0.2, -0.15) is 4.68 Å². The van der Waals surface area contributed by atoms with Crippen molar-refractivity contribution in [1.82, 2.24) is 15.0 Å². The van der Waals surface area contributed by atoms with Gasteiger partial charge in [-0.3, -0.25) is 0 Å². The summed E-state index contributed by atoms with van der Waals surface area (Å²) < 4.78 is 1.70. The zero-order valence-electron chi connectivity index (χ0n) is 14.8. The van der Waals surface area contributed by atoms with E-state index in [2.05, 4.69) is 15.3 Å². The van der Waals surface area contributed by atoms with E-state index in [1.807, 2.05) is 67.6 Å². The first-order valence-electron chi connectivity index (χ1n) is 8.62. The van der Waals surface area contributed by atoms with Crippen LogP contribution in [0.5, 0.6) is 5.75 Å². The smallest absolute Gasteiger partial charge is 0.184 e. The fourth-order valence-corrected chi connectivity index (χ4v) is 2.76. The molecule has 1 heterocycles. The number of para-hydroxylation sites is 2. The zero-order valence-corrected chi connectivity index (χ0v) is 14.8. The summed E-state index contributed by atoms with van der Waals surface area (Å²) in [5, 5.41) is 18.7. The lowest BCUT2D eigenvalue weighted by Crippen LogP contribution is -1.96. The lowest BCUT2D eigenvalue weighted by Gasteiger charge is -2.05. The number of hydrogen-bond acceptors (Lipinski definition) is 4. The fourth-order valence-electron chi connectivity index (χ4n) is 2.76. The topological polar surface area (TPSA) is 63.3 Å². The molecule has 0 saturated heterocycles. The summed E-state index contributed by atoms with van der Waals surface area (Å²) in [7, 11) is 0. The molecule has 0 spiro atoms. The van der Waals surface area contributed by atoms with Gasteiger partial charge in [0.2, 0.25) is 0 Å². The van der Waals surface area contributed by atoms with Crippen LogP contribution in [0.15, 0.2) is 83.9 Å². The standard InChI is InChI=1S/C22H18N4O/c1-16-11-13-17(14-12-16)21-22(23-15-18-7-5-6-10-20(18)27)26(25-24-21)19-8-3-2-4-9-19/h2-15,27H,1H3/b23-15+. The van der Waals surface area contributed by atoms with Crippen molar-refractivity contribution >= 4 is 12.0 Å². The summed E-state index contributed by atoms with van der Waals surface area (Å²) in [6.45, 7) is 2.04. The first kappa shape index (κ1) is 16.7.